The maximum Gasteiger partial charge on any atom is 0.472 e. The van der Waals surface area contributed by atoms with Crippen molar-refractivity contribution in [1.82, 2.24) is 5.32 Å². The maximum atomic E-state index is 13.0. The summed E-state index contributed by atoms with van der Waals surface area (Å²) in [6.07, 6.45) is 73.1. The third-order valence-electron chi connectivity index (χ3n) is 15.2. The van der Waals surface area contributed by atoms with E-state index in [0.29, 0.717) is 17.4 Å². The van der Waals surface area contributed by atoms with Crippen LogP contribution in [-0.2, 0) is 18.4 Å². The number of likely N-dealkylation sites (N-methyl/N-ethyl adjacent to an activating group) is 1. The molecule has 1 amide bonds. The fraction of sp³-hybridized carbons (Fsp3) is 0.923. The van der Waals surface area contributed by atoms with Gasteiger partial charge < -0.3 is 19.8 Å². The molecule has 0 saturated heterocycles. The lowest BCUT2D eigenvalue weighted by atomic mass is 10.0. The van der Waals surface area contributed by atoms with Crippen LogP contribution in [-0.4, -0.2) is 73.4 Å². The monoisotopic (exact) mass is 1070 g/mol. The number of phosphoric acid groups is 1. The Balaban J connectivity index is 4.12. The average Bonchev–Trinajstić information content (AvgIpc) is 3.36. The Labute approximate surface area is 462 Å². The van der Waals surface area contributed by atoms with E-state index < -0.39 is 20.0 Å². The number of carbonyl (C=O) groups is 1. The summed E-state index contributed by atoms with van der Waals surface area (Å²) in [5.74, 6) is -0.179. The van der Waals surface area contributed by atoms with Crippen LogP contribution in [0.15, 0.2) is 24.3 Å². The van der Waals surface area contributed by atoms with Gasteiger partial charge in [0.05, 0.1) is 39.9 Å². The van der Waals surface area contributed by atoms with Gasteiger partial charge in [0.2, 0.25) is 5.91 Å². The fourth-order valence-electron chi connectivity index (χ4n) is 10.1. The molecule has 440 valence electrons. The van der Waals surface area contributed by atoms with Crippen LogP contribution < -0.4 is 5.32 Å². The quantitative estimate of drug-likeness (QED) is 0.0243. The number of allylic oxidation sites excluding steroid dienone is 3. The summed E-state index contributed by atoms with van der Waals surface area (Å²) < 4.78 is 23.8. The zero-order valence-electron chi connectivity index (χ0n) is 50.4. The Morgan fingerprint density at radius 1 is 0.446 bits per heavy atom. The van der Waals surface area contributed by atoms with Gasteiger partial charge in [0.1, 0.15) is 13.2 Å². The Morgan fingerprint density at radius 2 is 0.743 bits per heavy atom. The number of aliphatic hydroxyl groups is 1. The Morgan fingerprint density at radius 3 is 1.08 bits per heavy atom. The van der Waals surface area contributed by atoms with E-state index in [9.17, 15) is 19.4 Å². The molecule has 0 aliphatic carbocycles. The minimum atomic E-state index is -4.36. The fourth-order valence-corrected chi connectivity index (χ4v) is 10.8. The highest BCUT2D eigenvalue weighted by atomic mass is 31.2. The summed E-state index contributed by atoms with van der Waals surface area (Å²) in [6, 6.07) is -0.861. The average molecular weight is 1070 g/mol. The van der Waals surface area contributed by atoms with Gasteiger partial charge in [-0.15, -0.1) is 0 Å². The number of phosphoric ester groups is 1. The second kappa shape index (κ2) is 56.7. The van der Waals surface area contributed by atoms with E-state index in [0.717, 1.165) is 38.5 Å². The van der Waals surface area contributed by atoms with Gasteiger partial charge >= 0.3 is 7.82 Å². The molecule has 0 heterocycles. The van der Waals surface area contributed by atoms with Crippen molar-refractivity contribution in [2.75, 3.05) is 40.9 Å². The van der Waals surface area contributed by atoms with Gasteiger partial charge in [0, 0.05) is 6.42 Å². The molecule has 0 radical (unpaired) electrons. The van der Waals surface area contributed by atoms with Gasteiger partial charge in [0.15, 0.2) is 0 Å². The number of amides is 1. The van der Waals surface area contributed by atoms with Gasteiger partial charge in [-0.1, -0.05) is 321 Å². The molecule has 74 heavy (non-hydrogen) atoms. The van der Waals surface area contributed by atoms with E-state index in [1.807, 2.05) is 27.2 Å². The summed E-state index contributed by atoms with van der Waals surface area (Å²) in [6.45, 7) is 4.86. The highest BCUT2D eigenvalue weighted by Gasteiger charge is 2.28. The van der Waals surface area contributed by atoms with E-state index in [1.54, 1.807) is 6.08 Å². The zero-order chi connectivity index (χ0) is 54.2. The van der Waals surface area contributed by atoms with Crippen molar-refractivity contribution in [1.29, 1.82) is 0 Å². The molecule has 0 aromatic carbocycles. The Bertz CT molecular complexity index is 1260. The summed E-state index contributed by atoms with van der Waals surface area (Å²) in [5.41, 5.74) is 0. The number of aliphatic hydroxyl groups excluding tert-OH is 1. The van der Waals surface area contributed by atoms with Crippen molar-refractivity contribution in [2.24, 2.45) is 0 Å². The minimum absolute atomic E-state index is 0.0590. The van der Waals surface area contributed by atoms with E-state index in [4.69, 9.17) is 9.05 Å². The summed E-state index contributed by atoms with van der Waals surface area (Å²) >= 11 is 0. The smallest absolute Gasteiger partial charge is 0.387 e. The number of carbonyl (C=O) groups excluding carboxylic acids is 1. The molecule has 0 fully saturated rings. The molecule has 3 N–H and O–H groups in total. The molecule has 0 rings (SSSR count). The van der Waals surface area contributed by atoms with Crippen LogP contribution in [0.1, 0.15) is 335 Å². The van der Waals surface area contributed by atoms with E-state index in [-0.39, 0.29) is 19.1 Å². The first kappa shape index (κ1) is 73.0. The van der Waals surface area contributed by atoms with Gasteiger partial charge in [0.25, 0.3) is 0 Å². The summed E-state index contributed by atoms with van der Waals surface area (Å²) in [4.78, 5) is 23.4. The number of unbranched alkanes of at least 4 members (excludes halogenated alkanes) is 46. The number of quaternary nitrogens is 1. The van der Waals surface area contributed by atoms with Crippen LogP contribution in [0, 0.1) is 0 Å². The molecule has 0 aliphatic rings. The zero-order valence-corrected chi connectivity index (χ0v) is 51.3. The topological polar surface area (TPSA) is 105 Å². The molecule has 3 atom stereocenters. The molecular weight excluding hydrogens is 936 g/mol. The second-order valence-corrected chi connectivity index (χ2v) is 25.3. The van der Waals surface area contributed by atoms with Crippen molar-refractivity contribution < 1.29 is 32.9 Å². The lowest BCUT2D eigenvalue weighted by Crippen LogP contribution is -2.45. The predicted molar refractivity (Wildman–Crippen MR) is 323 cm³/mol. The van der Waals surface area contributed by atoms with Crippen LogP contribution >= 0.6 is 7.82 Å². The largest absolute Gasteiger partial charge is 0.472 e. The van der Waals surface area contributed by atoms with Crippen molar-refractivity contribution >= 4 is 13.7 Å². The third kappa shape index (κ3) is 58.7. The highest BCUT2D eigenvalue weighted by molar-refractivity contribution is 7.47. The lowest BCUT2D eigenvalue weighted by Gasteiger charge is -2.25. The van der Waals surface area contributed by atoms with E-state index in [1.165, 1.54) is 276 Å². The third-order valence-corrected chi connectivity index (χ3v) is 16.2. The number of hydrogen-bond acceptors (Lipinski definition) is 5. The standard InChI is InChI=1S/C65H129N2O6P/c1-6-8-10-12-14-16-18-20-22-24-26-28-30-32-33-35-37-39-41-43-45-47-49-51-53-55-57-59-65(69)66-63(62-73-74(70,71)72-61-60-67(3,4)5)64(68)58-56-54-52-50-48-46-44-42-40-38-36-34-31-29-27-25-23-21-19-17-15-13-11-9-7-2/h48,50,56,58,63-64,68H,6-47,49,51-55,57,59-62H2,1-5H3,(H-,66,69,70,71)/p+1/b50-48+,58-56+. The van der Waals surface area contributed by atoms with E-state index >= 15 is 0 Å². The summed E-state index contributed by atoms with van der Waals surface area (Å²) in [7, 11) is 1.57. The highest BCUT2D eigenvalue weighted by Crippen LogP contribution is 2.43. The molecular formula is C65H130N2O6P+. The Hall–Kier alpha value is -1.02. The SMILES string of the molecule is CCCCCCCCCCCCCCCCCCCCC/C=C/CC/C=C/C(O)C(COP(=O)(O)OCC[N+](C)(C)C)NC(=O)CCCCCCCCCCCCCCCCCCCCCCCCCCCCC. The van der Waals surface area contributed by atoms with Crippen LogP contribution in [0.4, 0.5) is 0 Å². The molecule has 0 spiro atoms. The Kier molecular flexibility index (Phi) is 55.9. The molecule has 8 nitrogen and oxygen atoms in total. The number of nitrogens with zero attached hydrogens (tertiary/aromatic N) is 1. The molecule has 0 bridgehead atoms. The summed E-state index contributed by atoms with van der Waals surface area (Å²) in [5, 5.41) is 14.0. The van der Waals surface area contributed by atoms with Gasteiger partial charge in [-0.2, -0.15) is 0 Å². The van der Waals surface area contributed by atoms with Crippen LogP contribution in [0.3, 0.4) is 0 Å². The van der Waals surface area contributed by atoms with Crippen molar-refractivity contribution in [3.63, 3.8) is 0 Å². The molecule has 9 heteroatoms. The maximum absolute atomic E-state index is 13.0. The van der Waals surface area contributed by atoms with Crippen LogP contribution in [0.25, 0.3) is 0 Å². The molecule has 0 saturated carbocycles. The van der Waals surface area contributed by atoms with Crippen LogP contribution in [0.5, 0.6) is 0 Å². The van der Waals surface area contributed by atoms with Crippen molar-refractivity contribution in [3.05, 3.63) is 24.3 Å². The first-order chi connectivity index (χ1) is 36.0. The predicted octanol–water partition coefficient (Wildman–Crippen LogP) is 20.3. The normalized spacial score (nSPS) is 13.9. The number of hydrogen-bond donors (Lipinski definition) is 3. The minimum Gasteiger partial charge on any atom is -0.387 e. The van der Waals surface area contributed by atoms with Gasteiger partial charge in [-0.3, -0.25) is 13.8 Å². The molecule has 3 unspecified atom stereocenters. The molecule has 0 aromatic heterocycles. The van der Waals surface area contributed by atoms with Crippen molar-refractivity contribution in [3.8, 4) is 0 Å². The lowest BCUT2D eigenvalue weighted by molar-refractivity contribution is -0.870. The van der Waals surface area contributed by atoms with Gasteiger partial charge in [-0.05, 0) is 32.1 Å². The van der Waals surface area contributed by atoms with Crippen LogP contribution in [0.2, 0.25) is 0 Å². The molecule has 0 aromatic rings. The molecule has 0 aliphatic heterocycles. The number of nitrogens with one attached hydrogen (secondary N) is 1. The van der Waals surface area contributed by atoms with Crippen molar-refractivity contribution in [2.45, 2.75) is 347 Å². The second-order valence-electron chi connectivity index (χ2n) is 23.8. The first-order valence-corrected chi connectivity index (χ1v) is 34.2. The van der Waals surface area contributed by atoms with E-state index in [2.05, 4.69) is 31.3 Å². The first-order valence-electron chi connectivity index (χ1n) is 32.7. The number of rotatable bonds is 61. The van der Waals surface area contributed by atoms with Gasteiger partial charge in [-0.25, -0.2) is 4.57 Å².